The molecule has 0 aromatic heterocycles. The van der Waals surface area contributed by atoms with Gasteiger partial charge in [-0.2, -0.15) is 4.31 Å². The van der Waals surface area contributed by atoms with Gasteiger partial charge in [0.05, 0.1) is 17.5 Å². The molecule has 168 valence electrons. The van der Waals surface area contributed by atoms with Gasteiger partial charge in [0.25, 0.3) is 0 Å². The van der Waals surface area contributed by atoms with Gasteiger partial charge in [0, 0.05) is 16.0 Å². The molecular formula is C24H24BrClN2O3S. The molecule has 0 heterocycles. The van der Waals surface area contributed by atoms with Gasteiger partial charge in [-0.25, -0.2) is 8.42 Å². The number of nitrogens with zero attached hydrogens (tertiary/aromatic N) is 1. The van der Waals surface area contributed by atoms with Crippen LogP contribution in [-0.2, 0) is 21.4 Å². The minimum Gasteiger partial charge on any atom is -0.348 e. The molecular weight excluding hydrogens is 512 g/mol. The lowest BCUT2D eigenvalue weighted by molar-refractivity contribution is -0.122. The molecule has 1 N–H and O–H groups in total. The highest BCUT2D eigenvalue weighted by Gasteiger charge is 2.27. The molecule has 0 fully saturated rings. The van der Waals surface area contributed by atoms with Gasteiger partial charge in [0.2, 0.25) is 15.9 Å². The Bertz CT molecular complexity index is 1200. The largest absolute Gasteiger partial charge is 0.348 e. The summed E-state index contributed by atoms with van der Waals surface area (Å²) in [6, 6.07) is 20.9. The zero-order valence-corrected chi connectivity index (χ0v) is 20.9. The lowest BCUT2D eigenvalue weighted by Crippen LogP contribution is -2.41. The van der Waals surface area contributed by atoms with E-state index >= 15 is 0 Å². The molecule has 0 bridgehead atoms. The number of hydrogen-bond acceptors (Lipinski definition) is 3. The zero-order chi connectivity index (χ0) is 23.3. The summed E-state index contributed by atoms with van der Waals surface area (Å²) >= 11 is 9.51. The predicted molar refractivity (Wildman–Crippen MR) is 131 cm³/mol. The third-order valence-corrected chi connectivity index (χ3v) is 7.49. The van der Waals surface area contributed by atoms with Gasteiger partial charge in [-0.3, -0.25) is 4.79 Å². The Labute approximate surface area is 202 Å². The maximum absolute atomic E-state index is 13.4. The van der Waals surface area contributed by atoms with E-state index in [0.717, 1.165) is 15.6 Å². The number of rotatable bonds is 8. The molecule has 0 aliphatic heterocycles. The topological polar surface area (TPSA) is 66.5 Å². The van der Waals surface area contributed by atoms with Crippen LogP contribution in [-0.4, -0.2) is 25.2 Å². The second-order valence-corrected chi connectivity index (χ2v) is 10.9. The summed E-state index contributed by atoms with van der Waals surface area (Å²) in [5, 5.41) is 3.39. The number of nitrogens with one attached hydrogen (secondary N) is 1. The summed E-state index contributed by atoms with van der Waals surface area (Å²) in [6.07, 6.45) is 0. The molecule has 3 aromatic rings. The minimum atomic E-state index is -3.91. The molecule has 3 aromatic carbocycles. The molecule has 0 spiro atoms. The van der Waals surface area contributed by atoms with Crippen molar-refractivity contribution in [1.82, 2.24) is 9.62 Å². The average Bonchev–Trinajstić information content (AvgIpc) is 2.73. The van der Waals surface area contributed by atoms with Crippen LogP contribution in [0.4, 0.5) is 0 Å². The van der Waals surface area contributed by atoms with E-state index < -0.39 is 15.9 Å². The van der Waals surface area contributed by atoms with Crippen molar-refractivity contribution < 1.29 is 13.2 Å². The summed E-state index contributed by atoms with van der Waals surface area (Å²) < 4.78 is 28.8. The monoisotopic (exact) mass is 534 g/mol. The van der Waals surface area contributed by atoms with E-state index in [1.54, 1.807) is 48.5 Å². The smallest absolute Gasteiger partial charge is 0.243 e. The lowest BCUT2D eigenvalue weighted by Gasteiger charge is -2.23. The molecule has 0 saturated heterocycles. The fourth-order valence-corrected chi connectivity index (χ4v) is 5.24. The Hall–Kier alpha value is -2.19. The van der Waals surface area contributed by atoms with E-state index in [1.165, 1.54) is 4.31 Å². The van der Waals surface area contributed by atoms with Gasteiger partial charge in [-0.15, -0.1) is 0 Å². The highest BCUT2D eigenvalue weighted by Crippen LogP contribution is 2.21. The van der Waals surface area contributed by atoms with Crippen LogP contribution >= 0.6 is 27.5 Å². The molecule has 0 aliphatic carbocycles. The summed E-state index contributed by atoms with van der Waals surface area (Å²) in [5.41, 5.74) is 2.56. The van der Waals surface area contributed by atoms with Crippen molar-refractivity contribution in [2.24, 2.45) is 0 Å². The van der Waals surface area contributed by atoms with Crippen LogP contribution in [0, 0.1) is 6.92 Å². The van der Waals surface area contributed by atoms with Gasteiger partial charge in [0.15, 0.2) is 0 Å². The molecule has 0 aliphatic rings. The quantitative estimate of drug-likeness (QED) is 0.415. The fraction of sp³-hybridized carbons (Fsp3) is 0.208. The van der Waals surface area contributed by atoms with Crippen molar-refractivity contribution in [3.8, 4) is 0 Å². The van der Waals surface area contributed by atoms with Gasteiger partial charge in [-0.1, -0.05) is 69.5 Å². The van der Waals surface area contributed by atoms with Crippen molar-refractivity contribution in [1.29, 1.82) is 0 Å². The highest BCUT2D eigenvalue weighted by atomic mass is 79.9. The fourth-order valence-electron chi connectivity index (χ4n) is 3.23. The molecule has 0 unspecified atom stereocenters. The molecule has 1 atom stereocenters. The van der Waals surface area contributed by atoms with Crippen LogP contribution in [0.1, 0.15) is 29.7 Å². The summed E-state index contributed by atoms with van der Waals surface area (Å²) in [7, 11) is -3.91. The van der Waals surface area contributed by atoms with E-state index in [-0.39, 0.29) is 24.0 Å². The first-order valence-electron chi connectivity index (χ1n) is 10.0. The summed E-state index contributed by atoms with van der Waals surface area (Å²) in [6.45, 7) is 3.45. The molecule has 0 radical (unpaired) electrons. The van der Waals surface area contributed by atoms with Gasteiger partial charge >= 0.3 is 0 Å². The lowest BCUT2D eigenvalue weighted by atomic mass is 10.1. The van der Waals surface area contributed by atoms with E-state index in [4.69, 9.17) is 11.6 Å². The van der Waals surface area contributed by atoms with Crippen molar-refractivity contribution in [2.45, 2.75) is 31.3 Å². The molecule has 3 rings (SSSR count). The Morgan fingerprint density at radius 2 is 1.75 bits per heavy atom. The number of carbonyl (C=O) groups is 1. The predicted octanol–water partition coefficient (Wildman–Crippen LogP) is 5.48. The number of benzene rings is 3. The van der Waals surface area contributed by atoms with Crippen molar-refractivity contribution in [3.63, 3.8) is 0 Å². The van der Waals surface area contributed by atoms with Crippen molar-refractivity contribution in [2.75, 3.05) is 6.54 Å². The molecule has 0 saturated carbocycles. The standard InChI is InChI=1S/C24H24BrClN2O3S/c1-17-9-11-23(12-10-17)32(30,31)28(15-19-5-3-8-22(26)13-19)16-24(29)27-18(2)20-6-4-7-21(25)14-20/h3-14,18H,15-16H2,1-2H3,(H,27,29)/t18-/m0/s1. The van der Waals surface area contributed by atoms with E-state index in [2.05, 4.69) is 21.2 Å². The Kier molecular flexibility index (Phi) is 8.11. The van der Waals surface area contributed by atoms with Gasteiger partial charge in [0.1, 0.15) is 0 Å². The van der Waals surface area contributed by atoms with Crippen molar-refractivity contribution >= 4 is 43.5 Å². The number of sulfonamides is 1. The summed E-state index contributed by atoms with van der Waals surface area (Å²) in [4.78, 5) is 13.0. The number of hydrogen-bond donors (Lipinski definition) is 1. The maximum atomic E-state index is 13.4. The van der Waals surface area contributed by atoms with E-state index in [1.807, 2.05) is 38.1 Å². The molecule has 1 amide bonds. The molecule has 8 heteroatoms. The third kappa shape index (κ3) is 6.42. The number of amides is 1. The normalized spacial score (nSPS) is 12.5. The van der Waals surface area contributed by atoms with Crippen LogP contribution in [0.3, 0.4) is 0 Å². The second kappa shape index (κ2) is 10.6. The van der Waals surface area contributed by atoms with Gasteiger partial charge < -0.3 is 5.32 Å². The maximum Gasteiger partial charge on any atom is 0.243 e. The van der Waals surface area contributed by atoms with Crippen LogP contribution in [0.15, 0.2) is 82.2 Å². The zero-order valence-electron chi connectivity index (χ0n) is 17.8. The van der Waals surface area contributed by atoms with Crippen molar-refractivity contribution in [3.05, 3.63) is 99.0 Å². The highest BCUT2D eigenvalue weighted by molar-refractivity contribution is 9.10. The first-order valence-corrected chi connectivity index (χ1v) is 12.6. The van der Waals surface area contributed by atoms with Crippen LogP contribution in [0.25, 0.3) is 0 Å². The summed E-state index contributed by atoms with van der Waals surface area (Å²) in [5.74, 6) is -0.393. The van der Waals surface area contributed by atoms with E-state index in [0.29, 0.717) is 10.6 Å². The van der Waals surface area contributed by atoms with E-state index in [9.17, 15) is 13.2 Å². The Morgan fingerprint density at radius 3 is 2.41 bits per heavy atom. The molecule has 32 heavy (non-hydrogen) atoms. The first kappa shape index (κ1) is 24.5. The van der Waals surface area contributed by atoms with Crippen LogP contribution < -0.4 is 5.32 Å². The van der Waals surface area contributed by atoms with Crippen LogP contribution in [0.2, 0.25) is 5.02 Å². The minimum absolute atomic E-state index is 0.0233. The SMILES string of the molecule is Cc1ccc(S(=O)(=O)N(CC(=O)N[C@@H](C)c2cccc(Br)c2)Cc2cccc(Cl)c2)cc1. The number of carbonyl (C=O) groups excluding carboxylic acids is 1. The Morgan fingerprint density at radius 1 is 1.06 bits per heavy atom. The van der Waals surface area contributed by atoms with Gasteiger partial charge in [-0.05, 0) is 61.4 Å². The number of halogens is 2. The average molecular weight is 536 g/mol. The second-order valence-electron chi connectivity index (χ2n) is 7.56. The number of aryl methyl sites for hydroxylation is 1. The van der Waals surface area contributed by atoms with Crippen LogP contribution in [0.5, 0.6) is 0 Å². The molecule has 5 nitrogen and oxygen atoms in total. The first-order chi connectivity index (χ1) is 15.1. The Balaban J connectivity index is 1.84. The third-order valence-electron chi connectivity index (χ3n) is 4.95.